The van der Waals surface area contributed by atoms with E-state index in [2.05, 4.69) is 0 Å². The van der Waals surface area contributed by atoms with E-state index >= 15 is 17.6 Å². The molecule has 0 amide bonds. The Bertz CT molecular complexity index is 1560. The Hall–Kier alpha value is -2.44. The van der Waals surface area contributed by atoms with Gasteiger partial charge < -0.3 is 9.47 Å². The van der Waals surface area contributed by atoms with Gasteiger partial charge in [-0.25, -0.2) is 0 Å². The fraction of sp³-hybridized carbons (Fsp3) is 0.286. The number of aryl methyl sites for hydroxylation is 2. The summed E-state index contributed by atoms with van der Waals surface area (Å²) in [6.07, 6.45) is -0.498. The van der Waals surface area contributed by atoms with Crippen molar-refractivity contribution in [1.29, 1.82) is 0 Å². The molecule has 2 nitrogen and oxygen atoms in total. The van der Waals surface area contributed by atoms with Crippen molar-refractivity contribution in [2.75, 3.05) is 13.2 Å². The maximum Gasteiger partial charge on any atom is 0.380 e. The van der Waals surface area contributed by atoms with E-state index in [4.69, 9.17) is 9.47 Å². The normalized spacial score (nSPS) is 20.3. The molecule has 1 aromatic carbocycles. The van der Waals surface area contributed by atoms with E-state index in [0.29, 0.717) is 34.1 Å². The van der Waals surface area contributed by atoms with E-state index in [1.165, 1.54) is 37.3 Å². The summed E-state index contributed by atoms with van der Waals surface area (Å²) < 4.78 is 102. The van der Waals surface area contributed by atoms with E-state index in [-0.39, 0.29) is 20.9 Å². The van der Waals surface area contributed by atoms with Gasteiger partial charge in [0.05, 0.1) is 13.2 Å². The standard InChI is InChI=1S/C28H20F6O2S3/c1-14-19(11-21(38-14)16-3-5-17(6-4-16)25-35-8-9-36-25)23-24(27(31,32)28(33,34)26(23,29)30)20-12-22(39-15(20)2)18-7-10-37-13-18/h3-7,10-13,25H,8-9H2,1-2H3. The Balaban J connectivity index is 1.50. The van der Waals surface area contributed by atoms with Crippen molar-refractivity contribution in [3.05, 3.63) is 79.7 Å². The minimum atomic E-state index is -5.60. The third-order valence-corrected chi connectivity index (χ3v) is 9.82. The summed E-state index contributed by atoms with van der Waals surface area (Å²) in [5, 5.41) is 3.57. The number of alkyl halides is 6. The fourth-order valence-electron chi connectivity index (χ4n) is 4.94. The predicted octanol–water partition coefficient (Wildman–Crippen LogP) is 9.70. The number of hydrogen-bond donors (Lipinski definition) is 0. The highest BCUT2D eigenvalue weighted by Crippen LogP contribution is 2.66. The molecule has 1 aliphatic heterocycles. The molecule has 1 fully saturated rings. The highest BCUT2D eigenvalue weighted by Gasteiger charge is 2.80. The highest BCUT2D eigenvalue weighted by atomic mass is 32.1. The van der Waals surface area contributed by atoms with Crippen LogP contribution in [0, 0.1) is 13.8 Å². The maximum atomic E-state index is 15.4. The first-order chi connectivity index (χ1) is 18.4. The summed E-state index contributed by atoms with van der Waals surface area (Å²) >= 11 is 3.57. The summed E-state index contributed by atoms with van der Waals surface area (Å²) in [7, 11) is 0. The Morgan fingerprint density at radius 3 is 1.72 bits per heavy atom. The van der Waals surface area contributed by atoms with Gasteiger partial charge in [-0.15, -0.1) is 22.7 Å². The lowest BCUT2D eigenvalue weighted by atomic mass is 9.94. The monoisotopic (exact) mass is 598 g/mol. The molecule has 3 aromatic heterocycles. The van der Waals surface area contributed by atoms with Crippen LogP contribution >= 0.6 is 34.0 Å². The van der Waals surface area contributed by atoms with Crippen LogP contribution in [-0.2, 0) is 9.47 Å². The van der Waals surface area contributed by atoms with Gasteiger partial charge >= 0.3 is 17.8 Å². The first-order valence-corrected chi connectivity index (χ1v) is 14.5. The summed E-state index contributed by atoms with van der Waals surface area (Å²) in [5.74, 6) is -15.8. The van der Waals surface area contributed by atoms with Gasteiger partial charge in [0.25, 0.3) is 0 Å². The van der Waals surface area contributed by atoms with Crippen LogP contribution in [-0.4, -0.2) is 31.0 Å². The molecule has 204 valence electrons. The SMILES string of the molecule is Cc1sc(-c2ccc(C3OCCO3)cc2)cc1C1=C(c2cc(-c3ccsc3)sc2C)C(F)(F)C(F)(F)C1(F)F. The van der Waals surface area contributed by atoms with Gasteiger partial charge in [0.2, 0.25) is 0 Å². The molecule has 2 aliphatic rings. The second kappa shape index (κ2) is 9.31. The molecule has 0 unspecified atom stereocenters. The van der Waals surface area contributed by atoms with E-state index in [9.17, 15) is 8.78 Å². The van der Waals surface area contributed by atoms with Crippen molar-refractivity contribution in [3.8, 4) is 20.9 Å². The smallest absolute Gasteiger partial charge is 0.346 e. The van der Waals surface area contributed by atoms with Gasteiger partial charge in [-0.1, -0.05) is 24.3 Å². The molecule has 0 bridgehead atoms. The molecule has 11 heteroatoms. The molecule has 0 spiro atoms. The Kier molecular flexibility index (Phi) is 6.39. The van der Waals surface area contributed by atoms with Gasteiger partial charge in [-0.3, -0.25) is 0 Å². The van der Waals surface area contributed by atoms with Gasteiger partial charge in [0.1, 0.15) is 0 Å². The molecular formula is C28H20F6O2S3. The average molecular weight is 599 g/mol. The van der Waals surface area contributed by atoms with Crippen molar-refractivity contribution in [3.63, 3.8) is 0 Å². The third kappa shape index (κ3) is 4.04. The molecule has 0 N–H and O–H groups in total. The Morgan fingerprint density at radius 2 is 1.23 bits per heavy atom. The van der Waals surface area contributed by atoms with Crippen LogP contribution in [0.15, 0.2) is 53.2 Å². The molecule has 1 saturated heterocycles. The van der Waals surface area contributed by atoms with Gasteiger partial charge in [-0.05, 0) is 59.5 Å². The molecule has 0 radical (unpaired) electrons. The molecule has 1 aliphatic carbocycles. The first kappa shape index (κ1) is 26.8. The number of rotatable bonds is 5. The minimum absolute atomic E-state index is 0.239. The Labute approximate surface area is 232 Å². The number of thiophene rings is 3. The third-order valence-electron chi connectivity index (χ3n) is 6.94. The lowest BCUT2D eigenvalue weighted by Crippen LogP contribution is -2.48. The Morgan fingerprint density at radius 1 is 0.718 bits per heavy atom. The van der Waals surface area contributed by atoms with Crippen molar-refractivity contribution in [2.24, 2.45) is 0 Å². The van der Waals surface area contributed by atoms with E-state index in [0.717, 1.165) is 28.2 Å². The zero-order chi connectivity index (χ0) is 27.7. The number of halogens is 6. The van der Waals surface area contributed by atoms with Crippen LogP contribution < -0.4 is 0 Å². The number of ether oxygens (including phenoxy) is 2. The van der Waals surface area contributed by atoms with Crippen molar-refractivity contribution in [2.45, 2.75) is 37.9 Å². The summed E-state index contributed by atoms with van der Waals surface area (Å²) in [6.45, 7) is 3.90. The van der Waals surface area contributed by atoms with Crippen LogP contribution in [0.5, 0.6) is 0 Å². The topological polar surface area (TPSA) is 18.5 Å². The molecule has 0 saturated carbocycles. The van der Waals surface area contributed by atoms with Crippen molar-refractivity contribution >= 4 is 45.2 Å². The number of hydrogen-bond acceptors (Lipinski definition) is 5. The highest BCUT2D eigenvalue weighted by molar-refractivity contribution is 7.16. The van der Waals surface area contributed by atoms with Crippen LogP contribution in [0.1, 0.15) is 32.7 Å². The summed E-state index contributed by atoms with van der Waals surface area (Å²) in [5.41, 5.74) is -1.11. The largest absolute Gasteiger partial charge is 0.380 e. The minimum Gasteiger partial charge on any atom is -0.346 e. The summed E-state index contributed by atoms with van der Waals surface area (Å²) in [4.78, 5) is 1.53. The van der Waals surface area contributed by atoms with Gasteiger partial charge in [0, 0.05) is 41.8 Å². The zero-order valence-electron chi connectivity index (χ0n) is 20.5. The van der Waals surface area contributed by atoms with Crippen LogP contribution in [0.25, 0.3) is 32.0 Å². The van der Waals surface area contributed by atoms with Crippen LogP contribution in [0.3, 0.4) is 0 Å². The van der Waals surface area contributed by atoms with Gasteiger partial charge in [0.15, 0.2) is 6.29 Å². The van der Waals surface area contributed by atoms with E-state index < -0.39 is 35.2 Å². The van der Waals surface area contributed by atoms with Gasteiger partial charge in [-0.2, -0.15) is 37.7 Å². The summed E-state index contributed by atoms with van der Waals surface area (Å²) in [6, 6.07) is 11.4. The van der Waals surface area contributed by atoms with Crippen LogP contribution in [0.4, 0.5) is 26.3 Å². The molecule has 0 atom stereocenters. The lowest BCUT2D eigenvalue weighted by Gasteiger charge is -2.25. The quantitative estimate of drug-likeness (QED) is 0.213. The molecule has 4 heterocycles. The molecular weight excluding hydrogens is 578 g/mol. The van der Waals surface area contributed by atoms with E-state index in [1.54, 1.807) is 41.1 Å². The predicted molar refractivity (Wildman–Crippen MR) is 143 cm³/mol. The zero-order valence-corrected chi connectivity index (χ0v) is 22.9. The molecule has 4 aromatic rings. The van der Waals surface area contributed by atoms with E-state index in [1.807, 2.05) is 0 Å². The number of benzene rings is 1. The second-order valence-electron chi connectivity index (χ2n) is 9.34. The molecule has 6 rings (SSSR count). The van der Waals surface area contributed by atoms with Crippen molar-refractivity contribution < 1.29 is 35.8 Å². The number of allylic oxidation sites excluding steroid dienone is 2. The first-order valence-electron chi connectivity index (χ1n) is 11.9. The maximum absolute atomic E-state index is 15.4. The molecule has 39 heavy (non-hydrogen) atoms. The second-order valence-corrected chi connectivity index (χ2v) is 12.6. The van der Waals surface area contributed by atoms with Crippen LogP contribution in [0.2, 0.25) is 0 Å². The van der Waals surface area contributed by atoms with Crippen molar-refractivity contribution in [1.82, 2.24) is 0 Å². The lowest BCUT2D eigenvalue weighted by molar-refractivity contribution is -0.254. The average Bonchev–Trinajstić information content (AvgIpc) is 3.70. The fourth-order valence-corrected chi connectivity index (χ4v) is 7.72.